The summed E-state index contributed by atoms with van der Waals surface area (Å²) < 4.78 is 58.1. The second kappa shape index (κ2) is 10.8. The zero-order valence-electron chi connectivity index (χ0n) is 17.1. The van der Waals surface area contributed by atoms with Gasteiger partial charge in [-0.2, -0.15) is 13.2 Å². The van der Waals surface area contributed by atoms with Crippen LogP contribution >= 0.6 is 11.6 Å². The van der Waals surface area contributed by atoms with Gasteiger partial charge in [0, 0.05) is 6.20 Å². The third-order valence-corrected chi connectivity index (χ3v) is 3.99. The Morgan fingerprint density at radius 3 is 2.24 bits per heavy atom. The first-order valence-electron chi connectivity index (χ1n) is 9.16. The maximum absolute atomic E-state index is 12.7. The van der Waals surface area contributed by atoms with Crippen molar-refractivity contribution in [3.8, 4) is 17.4 Å². The highest BCUT2D eigenvalue weighted by molar-refractivity contribution is 6.31. The summed E-state index contributed by atoms with van der Waals surface area (Å²) in [4.78, 5) is 38.2. The summed E-state index contributed by atoms with van der Waals surface area (Å²) in [6, 6.07) is 3.57. The van der Waals surface area contributed by atoms with Crippen LogP contribution in [0.1, 0.15) is 19.4 Å². The average Bonchev–Trinajstić information content (AvgIpc) is 2.73. The summed E-state index contributed by atoms with van der Waals surface area (Å²) in [6.07, 6.45) is -6.13. The van der Waals surface area contributed by atoms with Gasteiger partial charge in [-0.25, -0.2) is 14.6 Å². The standard InChI is InChI=1S/C19H16ClF3N2O8/c1-3-30-17(26)15(18(27)31-4-2)33-14-6-5-11(8-13(14)25(28)29)32-16-12(20)7-10(9-24-16)19(21,22)23/h5-9,15H,3-4H2,1-2H3. The van der Waals surface area contributed by atoms with E-state index in [1.165, 1.54) is 13.8 Å². The van der Waals surface area contributed by atoms with Gasteiger partial charge in [0.2, 0.25) is 5.88 Å². The third kappa shape index (κ3) is 6.68. The highest BCUT2D eigenvalue weighted by atomic mass is 35.5. The van der Waals surface area contributed by atoms with Gasteiger partial charge in [-0.1, -0.05) is 11.6 Å². The minimum absolute atomic E-state index is 0.0894. The monoisotopic (exact) mass is 492 g/mol. The number of carbonyl (C=O) groups is 2. The third-order valence-electron chi connectivity index (χ3n) is 3.72. The first-order valence-corrected chi connectivity index (χ1v) is 9.54. The smallest absolute Gasteiger partial charge is 0.417 e. The lowest BCUT2D eigenvalue weighted by molar-refractivity contribution is -0.386. The molecule has 10 nitrogen and oxygen atoms in total. The second-order valence-corrected chi connectivity index (χ2v) is 6.41. The summed E-state index contributed by atoms with van der Waals surface area (Å²) in [7, 11) is 0. The fraction of sp³-hybridized carbons (Fsp3) is 0.316. The molecule has 0 aliphatic rings. The fourth-order valence-electron chi connectivity index (χ4n) is 2.33. The SMILES string of the molecule is CCOC(=O)C(Oc1ccc(Oc2ncc(C(F)(F)F)cc2Cl)cc1[N+](=O)[O-])C(=O)OCC. The molecule has 0 unspecified atom stereocenters. The van der Waals surface area contributed by atoms with E-state index in [1.54, 1.807) is 0 Å². The molecule has 0 atom stereocenters. The summed E-state index contributed by atoms with van der Waals surface area (Å²) in [5.41, 5.74) is -1.84. The van der Waals surface area contributed by atoms with E-state index in [1.807, 2.05) is 0 Å². The highest BCUT2D eigenvalue weighted by Gasteiger charge is 2.35. The molecule has 0 bridgehead atoms. The van der Waals surface area contributed by atoms with Crippen LogP contribution < -0.4 is 9.47 Å². The number of pyridine rings is 1. The van der Waals surface area contributed by atoms with Crippen molar-refractivity contribution in [3.05, 3.63) is 51.2 Å². The molecule has 0 amide bonds. The summed E-state index contributed by atoms with van der Waals surface area (Å²) in [6.45, 7) is 2.78. The number of nitrogens with zero attached hydrogens (tertiary/aromatic N) is 2. The van der Waals surface area contributed by atoms with Gasteiger partial charge in [-0.05, 0) is 32.0 Å². The molecule has 0 saturated heterocycles. The highest BCUT2D eigenvalue weighted by Crippen LogP contribution is 2.37. The van der Waals surface area contributed by atoms with Crippen LogP contribution in [0.15, 0.2) is 30.5 Å². The predicted molar refractivity (Wildman–Crippen MR) is 105 cm³/mol. The van der Waals surface area contributed by atoms with Crippen molar-refractivity contribution in [2.24, 2.45) is 0 Å². The second-order valence-electron chi connectivity index (χ2n) is 6.00. The molecule has 178 valence electrons. The predicted octanol–water partition coefficient (Wildman–Crippen LogP) is 4.33. The molecule has 0 radical (unpaired) electrons. The van der Waals surface area contributed by atoms with Gasteiger partial charge in [-0.15, -0.1) is 0 Å². The Kier molecular flexibility index (Phi) is 8.40. The molecule has 2 aromatic rings. The summed E-state index contributed by atoms with van der Waals surface area (Å²) in [5.74, 6) is -3.40. The lowest BCUT2D eigenvalue weighted by Crippen LogP contribution is -2.38. The number of esters is 2. The lowest BCUT2D eigenvalue weighted by Gasteiger charge is -2.16. The number of nitro groups is 1. The Balaban J connectivity index is 2.34. The number of hydrogen-bond donors (Lipinski definition) is 0. The Hall–Kier alpha value is -3.61. The fourth-order valence-corrected chi connectivity index (χ4v) is 2.53. The molecule has 0 aliphatic heterocycles. The van der Waals surface area contributed by atoms with E-state index in [-0.39, 0.29) is 19.0 Å². The Bertz CT molecular complexity index is 1030. The van der Waals surface area contributed by atoms with Gasteiger partial charge in [0.1, 0.15) is 10.8 Å². The van der Waals surface area contributed by atoms with Crippen molar-refractivity contribution >= 4 is 29.2 Å². The zero-order valence-corrected chi connectivity index (χ0v) is 17.8. The van der Waals surface area contributed by atoms with Gasteiger partial charge in [-0.3, -0.25) is 10.1 Å². The van der Waals surface area contributed by atoms with Crippen LogP contribution in [0.4, 0.5) is 18.9 Å². The molecule has 1 heterocycles. The van der Waals surface area contributed by atoms with E-state index in [0.29, 0.717) is 12.3 Å². The number of ether oxygens (including phenoxy) is 4. The lowest BCUT2D eigenvalue weighted by atomic mass is 10.2. The largest absolute Gasteiger partial charge is 0.463 e. The molecule has 0 fully saturated rings. The molecular formula is C19H16ClF3N2O8. The van der Waals surface area contributed by atoms with Crippen LogP contribution in [0.25, 0.3) is 0 Å². The van der Waals surface area contributed by atoms with Crippen molar-refractivity contribution in [2.75, 3.05) is 13.2 Å². The van der Waals surface area contributed by atoms with Gasteiger partial charge in [0.05, 0.1) is 29.8 Å². The Morgan fingerprint density at radius 2 is 1.76 bits per heavy atom. The van der Waals surface area contributed by atoms with E-state index >= 15 is 0 Å². The molecule has 0 N–H and O–H groups in total. The number of aromatic nitrogens is 1. The van der Waals surface area contributed by atoms with E-state index in [4.69, 9.17) is 30.5 Å². The van der Waals surface area contributed by atoms with Gasteiger partial charge >= 0.3 is 23.8 Å². The molecular weight excluding hydrogens is 477 g/mol. The van der Waals surface area contributed by atoms with Crippen LogP contribution in [-0.2, 0) is 25.2 Å². The van der Waals surface area contributed by atoms with Crippen molar-refractivity contribution in [3.63, 3.8) is 0 Å². The Morgan fingerprint density at radius 1 is 1.15 bits per heavy atom. The maximum Gasteiger partial charge on any atom is 0.417 e. The van der Waals surface area contributed by atoms with Crippen molar-refractivity contribution in [2.45, 2.75) is 26.1 Å². The molecule has 2 rings (SSSR count). The maximum atomic E-state index is 12.7. The van der Waals surface area contributed by atoms with Crippen LogP contribution in [0, 0.1) is 10.1 Å². The van der Waals surface area contributed by atoms with Crippen molar-refractivity contribution < 1.29 is 46.6 Å². The van der Waals surface area contributed by atoms with E-state index in [2.05, 4.69) is 4.98 Å². The number of benzene rings is 1. The molecule has 1 aromatic carbocycles. The summed E-state index contributed by atoms with van der Waals surface area (Å²) in [5, 5.41) is 11.0. The van der Waals surface area contributed by atoms with Crippen LogP contribution in [-0.4, -0.2) is 41.2 Å². The van der Waals surface area contributed by atoms with Crippen molar-refractivity contribution in [1.82, 2.24) is 4.98 Å². The normalized spacial score (nSPS) is 11.1. The van der Waals surface area contributed by atoms with E-state index < -0.39 is 57.0 Å². The molecule has 14 heteroatoms. The van der Waals surface area contributed by atoms with Crippen LogP contribution in [0.3, 0.4) is 0 Å². The first kappa shape index (κ1) is 25.6. The van der Waals surface area contributed by atoms with Gasteiger partial charge in [0.15, 0.2) is 5.75 Å². The molecule has 33 heavy (non-hydrogen) atoms. The number of halogens is 4. The topological polar surface area (TPSA) is 127 Å². The van der Waals surface area contributed by atoms with Gasteiger partial charge in [0.25, 0.3) is 6.10 Å². The average molecular weight is 493 g/mol. The number of alkyl halides is 3. The molecule has 0 spiro atoms. The summed E-state index contributed by atoms with van der Waals surface area (Å²) >= 11 is 5.77. The molecule has 0 aliphatic carbocycles. The van der Waals surface area contributed by atoms with E-state index in [9.17, 15) is 32.9 Å². The zero-order chi connectivity index (χ0) is 24.8. The van der Waals surface area contributed by atoms with Crippen molar-refractivity contribution in [1.29, 1.82) is 0 Å². The molecule has 1 aromatic heterocycles. The number of rotatable bonds is 9. The quantitative estimate of drug-likeness (QED) is 0.217. The van der Waals surface area contributed by atoms with Gasteiger partial charge < -0.3 is 18.9 Å². The minimum Gasteiger partial charge on any atom is -0.463 e. The minimum atomic E-state index is -4.68. The van der Waals surface area contributed by atoms with E-state index in [0.717, 1.165) is 18.2 Å². The molecule has 0 saturated carbocycles. The van der Waals surface area contributed by atoms with Crippen LogP contribution in [0.2, 0.25) is 5.02 Å². The number of hydrogen-bond acceptors (Lipinski definition) is 9. The Labute approximate surface area is 189 Å². The number of carbonyl (C=O) groups excluding carboxylic acids is 2. The number of nitro benzene ring substituents is 1. The first-order chi connectivity index (χ1) is 15.5. The van der Waals surface area contributed by atoms with Crippen LogP contribution in [0.5, 0.6) is 17.4 Å².